The summed E-state index contributed by atoms with van der Waals surface area (Å²) < 4.78 is 15.3. The van der Waals surface area contributed by atoms with E-state index in [0.717, 1.165) is 40.6 Å². The summed E-state index contributed by atoms with van der Waals surface area (Å²) in [5.41, 5.74) is 5.98. The van der Waals surface area contributed by atoms with Gasteiger partial charge in [-0.2, -0.15) is 0 Å². The molecule has 3 amide bonds. The third kappa shape index (κ3) is 4.46. The Bertz CT molecular complexity index is 1240. The Balaban J connectivity index is 1.58. The monoisotopic (exact) mass is 460 g/mol. The van der Waals surface area contributed by atoms with E-state index in [9.17, 15) is 14.0 Å². The molecule has 2 aromatic carbocycles. The number of aromatic nitrogens is 1. The standard InChI is InChI=1S/C27H29FN4O2/c1-5-30(6-2)23-11-13-24(14-12-23)32-18(3)15-21(19(32)4)16-25-26(33)31(27(34)29-25)17-20-7-9-22(28)10-8-20/h7-16H,5-6,17H2,1-4H3,(H,29,34)/b25-16+. The molecule has 1 aromatic heterocycles. The molecule has 1 fully saturated rings. The van der Waals surface area contributed by atoms with Gasteiger partial charge in [-0.25, -0.2) is 9.18 Å². The highest BCUT2D eigenvalue weighted by Crippen LogP contribution is 2.26. The second-order valence-electron chi connectivity index (χ2n) is 8.36. The largest absolute Gasteiger partial charge is 0.372 e. The van der Waals surface area contributed by atoms with Crippen molar-refractivity contribution < 1.29 is 14.0 Å². The van der Waals surface area contributed by atoms with Crippen molar-refractivity contribution in [2.75, 3.05) is 18.0 Å². The molecular formula is C27H29FN4O2. The number of benzene rings is 2. The van der Waals surface area contributed by atoms with Crippen LogP contribution in [0.4, 0.5) is 14.9 Å². The number of amides is 3. The maximum Gasteiger partial charge on any atom is 0.329 e. The van der Waals surface area contributed by atoms with Crippen molar-refractivity contribution in [3.05, 3.63) is 88.6 Å². The Morgan fingerprint density at radius 1 is 0.971 bits per heavy atom. The van der Waals surface area contributed by atoms with Crippen LogP contribution in [0.2, 0.25) is 0 Å². The molecule has 1 aliphatic rings. The fourth-order valence-electron chi connectivity index (χ4n) is 4.38. The van der Waals surface area contributed by atoms with Crippen molar-refractivity contribution in [1.29, 1.82) is 0 Å². The molecule has 0 atom stereocenters. The number of hydrogen-bond donors (Lipinski definition) is 1. The number of aryl methyl sites for hydroxylation is 1. The number of halogens is 1. The van der Waals surface area contributed by atoms with E-state index in [4.69, 9.17) is 0 Å². The summed E-state index contributed by atoms with van der Waals surface area (Å²) in [5.74, 6) is -0.762. The van der Waals surface area contributed by atoms with Crippen LogP contribution in [0.15, 0.2) is 60.3 Å². The topological polar surface area (TPSA) is 57.6 Å². The first-order valence-electron chi connectivity index (χ1n) is 11.5. The first kappa shape index (κ1) is 23.3. The zero-order valence-electron chi connectivity index (χ0n) is 19.9. The van der Waals surface area contributed by atoms with Gasteiger partial charge in [0.1, 0.15) is 11.5 Å². The Hall–Kier alpha value is -3.87. The molecule has 1 saturated heterocycles. The molecule has 34 heavy (non-hydrogen) atoms. The van der Waals surface area contributed by atoms with E-state index >= 15 is 0 Å². The molecule has 1 N–H and O–H groups in total. The SMILES string of the molecule is CCN(CC)c1ccc(-n2c(C)cc(/C=C3/NC(=O)N(Cc4ccc(F)cc4)C3=O)c2C)cc1. The van der Waals surface area contributed by atoms with Crippen LogP contribution in [-0.4, -0.2) is 34.5 Å². The Labute approximate surface area is 199 Å². The van der Waals surface area contributed by atoms with Gasteiger partial charge in [-0.15, -0.1) is 0 Å². The predicted octanol–water partition coefficient (Wildman–Crippen LogP) is 5.17. The number of carbonyl (C=O) groups excluding carboxylic acids is 2. The summed E-state index contributed by atoms with van der Waals surface area (Å²) >= 11 is 0. The van der Waals surface area contributed by atoms with Crippen LogP contribution < -0.4 is 10.2 Å². The highest BCUT2D eigenvalue weighted by atomic mass is 19.1. The van der Waals surface area contributed by atoms with Crippen molar-refractivity contribution in [3.63, 3.8) is 0 Å². The number of urea groups is 1. The van der Waals surface area contributed by atoms with Crippen molar-refractivity contribution in [1.82, 2.24) is 14.8 Å². The van der Waals surface area contributed by atoms with E-state index in [-0.39, 0.29) is 18.1 Å². The van der Waals surface area contributed by atoms with Crippen LogP contribution in [0.5, 0.6) is 0 Å². The average Bonchev–Trinajstić information content (AvgIpc) is 3.25. The van der Waals surface area contributed by atoms with E-state index in [1.165, 1.54) is 17.8 Å². The van der Waals surface area contributed by atoms with E-state index in [2.05, 4.69) is 52.9 Å². The quantitative estimate of drug-likeness (QED) is 0.391. The van der Waals surface area contributed by atoms with Crippen LogP contribution in [0.1, 0.15) is 36.4 Å². The van der Waals surface area contributed by atoms with Crippen LogP contribution in [0.25, 0.3) is 11.8 Å². The molecular weight excluding hydrogens is 431 g/mol. The zero-order chi connectivity index (χ0) is 24.4. The first-order valence-corrected chi connectivity index (χ1v) is 11.5. The van der Waals surface area contributed by atoms with Crippen molar-refractivity contribution in [2.24, 2.45) is 0 Å². The summed E-state index contributed by atoms with van der Waals surface area (Å²) in [4.78, 5) is 28.8. The molecule has 0 aliphatic carbocycles. The van der Waals surface area contributed by atoms with Gasteiger partial charge in [0.05, 0.1) is 6.54 Å². The summed E-state index contributed by atoms with van der Waals surface area (Å²) in [6.07, 6.45) is 1.72. The van der Waals surface area contributed by atoms with Crippen LogP contribution in [0, 0.1) is 19.7 Å². The lowest BCUT2D eigenvalue weighted by Crippen LogP contribution is -2.30. The van der Waals surface area contributed by atoms with Crippen molar-refractivity contribution in [3.8, 4) is 5.69 Å². The van der Waals surface area contributed by atoms with E-state index in [1.807, 2.05) is 19.9 Å². The zero-order valence-corrected chi connectivity index (χ0v) is 19.9. The summed E-state index contributed by atoms with van der Waals surface area (Å²) in [6.45, 7) is 10.3. The highest BCUT2D eigenvalue weighted by molar-refractivity contribution is 6.14. The second-order valence-corrected chi connectivity index (χ2v) is 8.36. The molecule has 7 heteroatoms. The van der Waals surface area contributed by atoms with Gasteiger partial charge in [0.25, 0.3) is 5.91 Å². The van der Waals surface area contributed by atoms with Gasteiger partial charge in [-0.1, -0.05) is 12.1 Å². The lowest BCUT2D eigenvalue weighted by atomic mass is 10.2. The van der Waals surface area contributed by atoms with Gasteiger partial charge in [-0.3, -0.25) is 9.69 Å². The third-order valence-corrected chi connectivity index (χ3v) is 6.22. The van der Waals surface area contributed by atoms with Crippen LogP contribution in [0.3, 0.4) is 0 Å². The Kier molecular flexibility index (Phi) is 6.54. The van der Waals surface area contributed by atoms with Gasteiger partial charge >= 0.3 is 6.03 Å². The minimum atomic E-state index is -0.485. The van der Waals surface area contributed by atoms with Gasteiger partial charge in [0.15, 0.2) is 0 Å². The number of hydrogen-bond acceptors (Lipinski definition) is 3. The van der Waals surface area contributed by atoms with Gasteiger partial charge in [0.2, 0.25) is 0 Å². The van der Waals surface area contributed by atoms with Gasteiger partial charge in [0, 0.05) is 35.9 Å². The van der Waals surface area contributed by atoms with Crippen molar-refractivity contribution in [2.45, 2.75) is 34.2 Å². The molecule has 176 valence electrons. The third-order valence-electron chi connectivity index (χ3n) is 6.22. The number of nitrogens with zero attached hydrogens (tertiary/aromatic N) is 3. The number of imide groups is 1. The predicted molar refractivity (Wildman–Crippen MR) is 132 cm³/mol. The smallest absolute Gasteiger partial charge is 0.329 e. The Morgan fingerprint density at radius 2 is 1.62 bits per heavy atom. The lowest BCUT2D eigenvalue weighted by Gasteiger charge is -2.21. The number of rotatable bonds is 7. The lowest BCUT2D eigenvalue weighted by molar-refractivity contribution is -0.123. The van der Waals surface area contributed by atoms with Gasteiger partial charge in [-0.05, 0) is 87.4 Å². The maximum atomic E-state index is 13.2. The van der Waals surface area contributed by atoms with Crippen molar-refractivity contribution >= 4 is 23.7 Å². The maximum absolute atomic E-state index is 13.2. The molecule has 0 unspecified atom stereocenters. The summed E-state index contributed by atoms with van der Waals surface area (Å²) in [5, 5.41) is 2.67. The van der Waals surface area contributed by atoms with E-state index < -0.39 is 11.9 Å². The minimum Gasteiger partial charge on any atom is -0.372 e. The van der Waals surface area contributed by atoms with E-state index in [1.54, 1.807) is 18.2 Å². The number of anilines is 1. The molecule has 4 rings (SSSR count). The first-order chi connectivity index (χ1) is 16.3. The molecule has 0 radical (unpaired) electrons. The highest BCUT2D eigenvalue weighted by Gasteiger charge is 2.33. The molecule has 0 spiro atoms. The molecule has 0 saturated carbocycles. The average molecular weight is 461 g/mol. The normalized spacial score (nSPS) is 14.7. The molecule has 2 heterocycles. The van der Waals surface area contributed by atoms with Crippen LogP contribution in [-0.2, 0) is 11.3 Å². The second kappa shape index (κ2) is 9.55. The fraction of sp³-hybridized carbons (Fsp3) is 0.259. The fourth-order valence-corrected chi connectivity index (χ4v) is 4.38. The van der Waals surface area contributed by atoms with E-state index in [0.29, 0.717) is 5.56 Å². The molecule has 0 bridgehead atoms. The summed E-state index contributed by atoms with van der Waals surface area (Å²) in [6, 6.07) is 15.7. The number of carbonyl (C=O) groups is 2. The molecule has 1 aliphatic heterocycles. The molecule has 6 nitrogen and oxygen atoms in total. The van der Waals surface area contributed by atoms with Gasteiger partial charge < -0.3 is 14.8 Å². The summed E-state index contributed by atoms with van der Waals surface area (Å²) in [7, 11) is 0. The number of nitrogens with one attached hydrogen (secondary N) is 1. The minimum absolute atomic E-state index is 0.0835. The molecule has 3 aromatic rings. The Morgan fingerprint density at radius 3 is 2.24 bits per heavy atom. The van der Waals surface area contributed by atoms with Crippen LogP contribution >= 0.6 is 0 Å².